The summed E-state index contributed by atoms with van der Waals surface area (Å²) in [5.41, 5.74) is 4.65. The maximum absolute atomic E-state index is 11.8. The fourth-order valence-corrected chi connectivity index (χ4v) is 4.87. The highest BCUT2D eigenvalue weighted by atomic mass is 32.1. The smallest absolute Gasteiger partial charge is 0.309 e. The number of rotatable bonds is 6. The van der Waals surface area contributed by atoms with Crippen LogP contribution in [0.15, 0.2) is 36.7 Å². The van der Waals surface area contributed by atoms with E-state index < -0.39 is 0 Å². The minimum absolute atomic E-state index is 0.0777. The summed E-state index contributed by atoms with van der Waals surface area (Å²) in [6.45, 7) is 4.14. The molecule has 2 unspecified atom stereocenters. The summed E-state index contributed by atoms with van der Waals surface area (Å²) in [5.74, 6) is -0.241. The van der Waals surface area contributed by atoms with Crippen molar-refractivity contribution in [2.24, 2.45) is 5.92 Å². The molecule has 5 rings (SSSR count). The van der Waals surface area contributed by atoms with Crippen molar-refractivity contribution in [3.63, 3.8) is 0 Å². The highest BCUT2D eigenvalue weighted by Crippen LogP contribution is 2.50. The molecule has 0 bridgehead atoms. The number of anilines is 1. The van der Waals surface area contributed by atoms with Gasteiger partial charge in [0.1, 0.15) is 11.1 Å². The number of nitriles is 1. The molecule has 0 aliphatic heterocycles. The Balaban J connectivity index is 1.50. The maximum Gasteiger partial charge on any atom is 0.309 e. The van der Waals surface area contributed by atoms with Gasteiger partial charge in [0.15, 0.2) is 5.01 Å². The van der Waals surface area contributed by atoms with E-state index in [2.05, 4.69) is 45.5 Å². The number of methoxy groups -OCH3 is 1. The Hall–Kier alpha value is -3.84. The summed E-state index contributed by atoms with van der Waals surface area (Å²) in [4.78, 5) is 16.5. The van der Waals surface area contributed by atoms with E-state index in [1.807, 2.05) is 18.2 Å². The summed E-state index contributed by atoms with van der Waals surface area (Å²) in [6.07, 6.45) is 4.08. The van der Waals surface area contributed by atoms with Crippen molar-refractivity contribution in [1.82, 2.24) is 24.8 Å². The monoisotopic (exact) mass is 459 g/mol. The van der Waals surface area contributed by atoms with Gasteiger partial charge in [0.05, 0.1) is 47.3 Å². The molecule has 1 aliphatic carbocycles. The first-order chi connectivity index (χ1) is 16.0. The molecular weight excluding hydrogens is 438 g/mol. The van der Waals surface area contributed by atoms with Crippen LogP contribution in [0.25, 0.3) is 27.5 Å². The molecule has 33 heavy (non-hydrogen) atoms. The number of hydrogen-bond donors (Lipinski definition) is 1. The molecule has 1 fully saturated rings. The third kappa shape index (κ3) is 3.91. The highest BCUT2D eigenvalue weighted by molar-refractivity contribution is 7.14. The number of ether oxygens (including phenoxy) is 1. The zero-order valence-corrected chi connectivity index (χ0v) is 19.1. The summed E-state index contributed by atoms with van der Waals surface area (Å²) in [7, 11) is 1.41. The van der Waals surface area contributed by atoms with Crippen molar-refractivity contribution < 1.29 is 9.53 Å². The minimum Gasteiger partial charge on any atom is -0.469 e. The fraction of sp³-hybridized carbons (Fsp3) is 0.304. The lowest BCUT2D eigenvalue weighted by Gasteiger charge is -2.14. The van der Waals surface area contributed by atoms with Crippen LogP contribution in [-0.2, 0) is 9.53 Å². The first kappa shape index (κ1) is 21.0. The zero-order valence-electron chi connectivity index (χ0n) is 18.3. The van der Waals surface area contributed by atoms with E-state index in [9.17, 15) is 4.79 Å². The van der Waals surface area contributed by atoms with Crippen molar-refractivity contribution in [2.75, 3.05) is 12.4 Å². The number of carbonyl (C=O) groups excluding carboxylic acids is 1. The third-order valence-electron chi connectivity index (χ3n) is 5.52. The molecular formula is C23H21N7O2S. The van der Waals surface area contributed by atoms with Crippen molar-refractivity contribution in [3.05, 3.63) is 47.2 Å². The third-order valence-corrected chi connectivity index (χ3v) is 6.61. The maximum atomic E-state index is 11.8. The molecule has 4 aromatic rings. The Kier molecular flexibility index (Phi) is 5.26. The molecule has 0 amide bonds. The van der Waals surface area contributed by atoms with Gasteiger partial charge >= 0.3 is 5.97 Å². The Morgan fingerprint density at radius 3 is 2.91 bits per heavy atom. The summed E-state index contributed by atoms with van der Waals surface area (Å²) in [6, 6.07) is 9.93. The van der Waals surface area contributed by atoms with Crippen molar-refractivity contribution in [2.45, 2.75) is 32.2 Å². The Labute approximate surface area is 194 Å². The van der Waals surface area contributed by atoms with Crippen LogP contribution >= 0.6 is 11.3 Å². The average molecular weight is 460 g/mol. The van der Waals surface area contributed by atoms with Gasteiger partial charge in [-0.3, -0.25) is 9.78 Å². The molecule has 2 atom stereocenters. The van der Waals surface area contributed by atoms with E-state index in [-0.39, 0.29) is 23.8 Å². The molecule has 1 aliphatic rings. The van der Waals surface area contributed by atoms with Gasteiger partial charge in [-0.15, -0.1) is 10.2 Å². The summed E-state index contributed by atoms with van der Waals surface area (Å²) < 4.78 is 6.62. The molecule has 166 valence electrons. The van der Waals surface area contributed by atoms with Crippen LogP contribution in [-0.4, -0.2) is 43.9 Å². The second-order valence-corrected chi connectivity index (χ2v) is 9.25. The predicted molar refractivity (Wildman–Crippen MR) is 124 cm³/mol. The number of nitrogens with one attached hydrogen (secondary N) is 1. The molecule has 4 aromatic heterocycles. The fourth-order valence-electron chi connectivity index (χ4n) is 3.82. The van der Waals surface area contributed by atoms with Gasteiger partial charge in [-0.05, 0) is 44.5 Å². The standard InChI is InChI=1S/C23H21N7O2S/c1-12(2)27-18-8-19(20-5-4-14-6-13(9-24)10-26-30(14)20)25-11-17(18)22-29-28-21(33-22)15-7-16(15)23(31)32-3/h4-6,8,10-12,15-16H,7H2,1-3H3,(H,25,27). The van der Waals surface area contributed by atoms with Gasteiger partial charge in [0.25, 0.3) is 0 Å². The van der Waals surface area contributed by atoms with Gasteiger partial charge in [-0.2, -0.15) is 10.4 Å². The average Bonchev–Trinajstić information content (AvgIpc) is 3.26. The van der Waals surface area contributed by atoms with Gasteiger partial charge < -0.3 is 10.1 Å². The van der Waals surface area contributed by atoms with E-state index in [1.54, 1.807) is 23.0 Å². The van der Waals surface area contributed by atoms with Crippen LogP contribution in [0, 0.1) is 17.2 Å². The van der Waals surface area contributed by atoms with Crippen molar-refractivity contribution in [1.29, 1.82) is 5.26 Å². The van der Waals surface area contributed by atoms with Gasteiger partial charge in [0.2, 0.25) is 0 Å². The molecule has 0 saturated heterocycles. The molecule has 4 heterocycles. The molecule has 1 N–H and O–H groups in total. The summed E-state index contributed by atoms with van der Waals surface area (Å²) >= 11 is 1.48. The first-order valence-corrected chi connectivity index (χ1v) is 11.4. The van der Waals surface area contributed by atoms with Crippen LogP contribution in [0.3, 0.4) is 0 Å². The number of aromatic nitrogens is 5. The number of hydrogen-bond acceptors (Lipinski definition) is 9. The number of carbonyl (C=O) groups is 1. The van der Waals surface area contributed by atoms with Gasteiger partial charge in [0, 0.05) is 23.8 Å². The van der Waals surface area contributed by atoms with Crippen LogP contribution in [0.4, 0.5) is 5.69 Å². The van der Waals surface area contributed by atoms with Crippen molar-refractivity contribution in [3.8, 4) is 28.0 Å². The summed E-state index contributed by atoms with van der Waals surface area (Å²) in [5, 5.41) is 27.3. The van der Waals surface area contributed by atoms with E-state index in [4.69, 9.17) is 10.00 Å². The quantitative estimate of drug-likeness (QED) is 0.432. The van der Waals surface area contributed by atoms with Crippen LogP contribution in [0.1, 0.15) is 36.8 Å². The number of nitrogens with zero attached hydrogens (tertiary/aromatic N) is 6. The number of esters is 1. The normalized spacial score (nSPS) is 17.2. The lowest BCUT2D eigenvalue weighted by atomic mass is 10.1. The van der Waals surface area contributed by atoms with Gasteiger partial charge in [-0.25, -0.2) is 4.52 Å². The van der Waals surface area contributed by atoms with E-state index >= 15 is 0 Å². The molecule has 1 saturated carbocycles. The van der Waals surface area contributed by atoms with E-state index in [0.717, 1.165) is 44.6 Å². The Bertz CT molecular complexity index is 1400. The molecule has 0 spiro atoms. The lowest BCUT2D eigenvalue weighted by molar-refractivity contribution is -0.142. The van der Waals surface area contributed by atoms with Crippen LogP contribution in [0.2, 0.25) is 0 Å². The Morgan fingerprint density at radius 1 is 1.30 bits per heavy atom. The SMILES string of the molecule is COC(=O)C1CC1c1nnc(-c2cnc(-c3ccc4cc(C#N)cnn34)cc2NC(C)C)s1. The largest absolute Gasteiger partial charge is 0.469 e. The predicted octanol–water partition coefficient (Wildman–Crippen LogP) is 3.88. The topological polar surface area (TPSA) is 118 Å². The zero-order chi connectivity index (χ0) is 23.1. The van der Waals surface area contributed by atoms with Crippen LogP contribution in [0.5, 0.6) is 0 Å². The van der Waals surface area contributed by atoms with Crippen LogP contribution < -0.4 is 5.32 Å². The number of fused-ring (bicyclic) bond motifs is 1. The van der Waals surface area contributed by atoms with E-state index in [1.165, 1.54) is 18.4 Å². The highest BCUT2D eigenvalue weighted by Gasteiger charge is 2.47. The number of pyridine rings is 1. The van der Waals surface area contributed by atoms with Gasteiger partial charge in [-0.1, -0.05) is 11.3 Å². The lowest BCUT2D eigenvalue weighted by Crippen LogP contribution is -2.11. The molecule has 10 heteroatoms. The van der Waals surface area contributed by atoms with Crippen molar-refractivity contribution >= 4 is 28.5 Å². The van der Waals surface area contributed by atoms with E-state index in [0.29, 0.717) is 5.56 Å². The second kappa shape index (κ2) is 8.26. The molecule has 9 nitrogen and oxygen atoms in total. The molecule has 0 radical (unpaired) electrons. The minimum atomic E-state index is -0.195. The second-order valence-electron chi connectivity index (χ2n) is 8.24. The Morgan fingerprint density at radius 2 is 2.15 bits per heavy atom. The first-order valence-electron chi connectivity index (χ1n) is 10.5. The molecule has 0 aromatic carbocycles.